The van der Waals surface area contributed by atoms with Gasteiger partial charge in [-0.05, 0) is 37.0 Å². The van der Waals surface area contributed by atoms with Gasteiger partial charge < -0.3 is 14.2 Å². The van der Waals surface area contributed by atoms with Crippen LogP contribution >= 0.6 is 0 Å². The lowest BCUT2D eigenvalue weighted by Crippen LogP contribution is -2.30. The van der Waals surface area contributed by atoms with Gasteiger partial charge in [-0.2, -0.15) is 0 Å². The molecule has 0 amide bonds. The van der Waals surface area contributed by atoms with Gasteiger partial charge in [0.15, 0.2) is 6.10 Å². The fourth-order valence-electron chi connectivity index (χ4n) is 10.9. The molecule has 6 heteroatoms. The van der Waals surface area contributed by atoms with Gasteiger partial charge in [0.25, 0.3) is 0 Å². The van der Waals surface area contributed by atoms with Gasteiger partial charge >= 0.3 is 17.9 Å². The number of hydrogen-bond acceptors (Lipinski definition) is 6. The topological polar surface area (TPSA) is 78.9 Å². The molecule has 2 atom stereocenters. The van der Waals surface area contributed by atoms with Crippen LogP contribution in [0.1, 0.15) is 395 Å². The Morgan fingerprint density at radius 2 is 0.461 bits per heavy atom. The van der Waals surface area contributed by atoms with Gasteiger partial charge in [-0.25, -0.2) is 0 Å². The van der Waals surface area contributed by atoms with Crippen LogP contribution in [-0.2, 0) is 28.6 Å². The Hall–Kier alpha value is -1.59. The molecule has 0 spiro atoms. The quantitative estimate of drug-likeness (QED) is 0.0343. The molecule has 0 aromatic heterocycles. The average Bonchev–Trinajstić information content (AvgIpc) is 3.40. The van der Waals surface area contributed by atoms with E-state index >= 15 is 0 Å². The van der Waals surface area contributed by atoms with E-state index < -0.39 is 6.10 Å². The standard InChI is InChI=1S/C70H136O6/c1-7-66(6)58-52-46-40-34-28-22-18-19-24-30-36-42-48-54-60-69(72)75-63-67(62-74-68(71)59-53-47-41-35-29-23-16-13-12-15-21-27-33-39-45-51-57-65(4)5)76-70(73)61-55-49-43-37-31-25-17-11-9-8-10-14-20-26-32-38-44-50-56-64(2)3/h64-67H,7-63H2,1-6H3/t66?,67-/m1/s1. The van der Waals surface area contributed by atoms with Gasteiger partial charge in [0, 0.05) is 19.3 Å². The molecule has 452 valence electrons. The van der Waals surface area contributed by atoms with Crippen LogP contribution in [0.5, 0.6) is 0 Å². The maximum absolute atomic E-state index is 13.0. The first-order valence-electron chi connectivity index (χ1n) is 34.6. The molecule has 0 radical (unpaired) electrons. The van der Waals surface area contributed by atoms with Crippen molar-refractivity contribution in [2.75, 3.05) is 13.2 Å². The third kappa shape index (κ3) is 61.6. The van der Waals surface area contributed by atoms with E-state index in [-0.39, 0.29) is 31.1 Å². The van der Waals surface area contributed by atoms with Crippen molar-refractivity contribution >= 4 is 17.9 Å². The molecule has 0 aromatic rings. The van der Waals surface area contributed by atoms with Crippen LogP contribution in [0.2, 0.25) is 0 Å². The van der Waals surface area contributed by atoms with E-state index in [1.54, 1.807) is 0 Å². The molecule has 0 aliphatic rings. The van der Waals surface area contributed by atoms with Gasteiger partial charge in [0.1, 0.15) is 13.2 Å². The van der Waals surface area contributed by atoms with Gasteiger partial charge in [0.05, 0.1) is 0 Å². The number of carbonyl (C=O) groups is 3. The molecule has 0 aliphatic heterocycles. The Balaban J connectivity index is 4.29. The van der Waals surface area contributed by atoms with E-state index in [4.69, 9.17) is 14.2 Å². The summed E-state index contributed by atoms with van der Waals surface area (Å²) >= 11 is 0. The summed E-state index contributed by atoms with van der Waals surface area (Å²) in [6, 6.07) is 0. The highest BCUT2D eigenvalue weighted by molar-refractivity contribution is 5.71. The Labute approximate surface area is 476 Å². The smallest absolute Gasteiger partial charge is 0.306 e. The van der Waals surface area contributed by atoms with Crippen molar-refractivity contribution in [3.05, 3.63) is 0 Å². The molecule has 0 N–H and O–H groups in total. The van der Waals surface area contributed by atoms with Crippen LogP contribution in [-0.4, -0.2) is 37.2 Å². The molecule has 0 aromatic carbocycles. The highest BCUT2D eigenvalue weighted by Crippen LogP contribution is 2.20. The maximum Gasteiger partial charge on any atom is 0.306 e. The van der Waals surface area contributed by atoms with Crippen molar-refractivity contribution in [1.82, 2.24) is 0 Å². The summed E-state index contributed by atoms with van der Waals surface area (Å²) in [5.74, 6) is 1.78. The van der Waals surface area contributed by atoms with Crippen LogP contribution in [0.4, 0.5) is 0 Å². The minimum Gasteiger partial charge on any atom is -0.462 e. The summed E-state index contributed by atoms with van der Waals surface area (Å²) in [5, 5.41) is 0. The zero-order valence-corrected chi connectivity index (χ0v) is 52.6. The Kier molecular flexibility index (Phi) is 59.8. The molecule has 1 unspecified atom stereocenters. The number of ether oxygens (including phenoxy) is 3. The van der Waals surface area contributed by atoms with Crippen molar-refractivity contribution in [3.63, 3.8) is 0 Å². The third-order valence-electron chi connectivity index (χ3n) is 16.5. The largest absolute Gasteiger partial charge is 0.462 e. The van der Waals surface area contributed by atoms with Gasteiger partial charge in [-0.3, -0.25) is 14.4 Å². The number of esters is 3. The van der Waals surface area contributed by atoms with E-state index in [0.717, 1.165) is 75.5 Å². The summed E-state index contributed by atoms with van der Waals surface area (Å²) in [6.45, 7) is 13.9. The minimum atomic E-state index is -0.765. The zero-order valence-electron chi connectivity index (χ0n) is 52.6. The molecule has 0 aliphatic carbocycles. The zero-order chi connectivity index (χ0) is 55.5. The summed E-state index contributed by atoms with van der Waals surface area (Å²) in [4.78, 5) is 38.4. The fourth-order valence-corrected chi connectivity index (χ4v) is 10.9. The molecule has 6 nitrogen and oxygen atoms in total. The molecule has 0 saturated heterocycles. The molecule has 0 saturated carbocycles. The van der Waals surface area contributed by atoms with E-state index in [0.29, 0.717) is 19.3 Å². The van der Waals surface area contributed by atoms with E-state index in [1.807, 2.05) is 0 Å². The second kappa shape index (κ2) is 61.0. The Morgan fingerprint density at radius 1 is 0.263 bits per heavy atom. The normalized spacial score (nSPS) is 12.5. The summed E-state index contributed by atoms with van der Waals surface area (Å²) in [6.07, 6.45) is 68.2. The van der Waals surface area contributed by atoms with Crippen LogP contribution < -0.4 is 0 Å². The summed E-state index contributed by atoms with van der Waals surface area (Å²) < 4.78 is 17.0. The van der Waals surface area contributed by atoms with Gasteiger partial charge in [-0.1, -0.05) is 356 Å². The molecule has 0 heterocycles. The maximum atomic E-state index is 13.0. The van der Waals surface area contributed by atoms with Crippen molar-refractivity contribution in [3.8, 4) is 0 Å². The lowest BCUT2D eigenvalue weighted by molar-refractivity contribution is -0.167. The van der Waals surface area contributed by atoms with Gasteiger partial charge in [0.2, 0.25) is 0 Å². The molecule has 0 fully saturated rings. The number of carbonyl (C=O) groups excluding carboxylic acids is 3. The summed E-state index contributed by atoms with van der Waals surface area (Å²) in [7, 11) is 0. The second-order valence-electron chi connectivity index (χ2n) is 25.4. The average molecular weight is 1070 g/mol. The lowest BCUT2D eigenvalue weighted by atomic mass is 9.99. The minimum absolute atomic E-state index is 0.0619. The predicted molar refractivity (Wildman–Crippen MR) is 330 cm³/mol. The third-order valence-corrected chi connectivity index (χ3v) is 16.5. The van der Waals surface area contributed by atoms with Crippen molar-refractivity contribution in [1.29, 1.82) is 0 Å². The number of hydrogen-bond donors (Lipinski definition) is 0. The van der Waals surface area contributed by atoms with Crippen molar-refractivity contribution in [2.24, 2.45) is 17.8 Å². The monoisotopic (exact) mass is 1070 g/mol. The van der Waals surface area contributed by atoms with Crippen LogP contribution in [0.15, 0.2) is 0 Å². The molecular formula is C70H136O6. The lowest BCUT2D eigenvalue weighted by Gasteiger charge is -2.18. The Morgan fingerprint density at radius 3 is 0.684 bits per heavy atom. The summed E-state index contributed by atoms with van der Waals surface area (Å²) in [5.41, 5.74) is 0. The number of unbranched alkanes of at least 4 members (excludes halogenated alkanes) is 45. The van der Waals surface area contributed by atoms with E-state index in [9.17, 15) is 14.4 Å². The second-order valence-corrected chi connectivity index (χ2v) is 25.4. The van der Waals surface area contributed by atoms with Crippen LogP contribution in [0, 0.1) is 17.8 Å². The fraction of sp³-hybridized carbons (Fsp3) is 0.957. The van der Waals surface area contributed by atoms with E-state index in [2.05, 4.69) is 41.5 Å². The van der Waals surface area contributed by atoms with Crippen LogP contribution in [0.25, 0.3) is 0 Å². The van der Waals surface area contributed by atoms with Gasteiger partial charge in [-0.15, -0.1) is 0 Å². The first-order chi connectivity index (χ1) is 37.1. The SMILES string of the molecule is CCC(C)CCCCCCCCCCCCCCCCC(=O)OC[C@@H](COC(=O)CCCCCCCCCCCCCCCCCCC(C)C)OC(=O)CCCCCCCCCCCCCCCCCCCCC(C)C. The van der Waals surface area contributed by atoms with Crippen molar-refractivity contribution in [2.45, 2.75) is 401 Å². The molecular weight excluding hydrogens is 937 g/mol. The first-order valence-corrected chi connectivity index (χ1v) is 34.6. The highest BCUT2D eigenvalue weighted by Gasteiger charge is 2.20. The molecule has 0 rings (SSSR count). The predicted octanol–water partition coefficient (Wildman–Crippen LogP) is 23.4. The molecule has 76 heavy (non-hydrogen) atoms. The molecule has 0 bridgehead atoms. The van der Waals surface area contributed by atoms with Crippen LogP contribution in [0.3, 0.4) is 0 Å². The number of rotatable bonds is 63. The van der Waals surface area contributed by atoms with Crippen molar-refractivity contribution < 1.29 is 28.6 Å². The van der Waals surface area contributed by atoms with E-state index in [1.165, 1.54) is 276 Å². The highest BCUT2D eigenvalue weighted by atomic mass is 16.6. The first kappa shape index (κ1) is 74.4. The Bertz CT molecular complexity index is 1180.